The second-order valence-corrected chi connectivity index (χ2v) is 8.30. The van der Waals surface area contributed by atoms with Crippen LogP contribution in [-0.2, 0) is 28.7 Å². The van der Waals surface area contributed by atoms with Gasteiger partial charge < -0.3 is 20.1 Å². The largest absolute Gasteiger partial charge is 0.497 e. The van der Waals surface area contributed by atoms with Crippen molar-refractivity contribution < 1.29 is 32.2 Å². The highest BCUT2D eigenvalue weighted by molar-refractivity contribution is 5.94. The minimum Gasteiger partial charge on any atom is -0.497 e. The van der Waals surface area contributed by atoms with Crippen LogP contribution in [0.25, 0.3) is 0 Å². The SMILES string of the molecule is COc1ccc(Oc2ccc(CNC(=O)C3(NC(=O)Cc4cccnc4)CC3)nc2)c(C(F)(F)F)c1. The van der Waals surface area contributed by atoms with Crippen molar-refractivity contribution in [1.29, 1.82) is 0 Å². The summed E-state index contributed by atoms with van der Waals surface area (Å²) in [5, 5.41) is 5.54. The van der Waals surface area contributed by atoms with Gasteiger partial charge in [-0.15, -0.1) is 0 Å². The molecule has 1 aliphatic carbocycles. The van der Waals surface area contributed by atoms with E-state index in [1.807, 2.05) is 0 Å². The highest BCUT2D eigenvalue weighted by Crippen LogP contribution is 2.40. The highest BCUT2D eigenvalue weighted by Gasteiger charge is 2.51. The third-order valence-electron chi connectivity index (χ3n) is 5.60. The molecule has 11 heteroatoms. The molecule has 188 valence electrons. The Bertz CT molecular complexity index is 1230. The molecular formula is C25H23F3N4O4. The number of halogens is 3. The number of alkyl halides is 3. The van der Waals surface area contributed by atoms with E-state index in [-0.39, 0.29) is 42.0 Å². The lowest BCUT2D eigenvalue weighted by Gasteiger charge is -2.17. The molecule has 1 aromatic carbocycles. The Morgan fingerprint density at radius 3 is 2.47 bits per heavy atom. The summed E-state index contributed by atoms with van der Waals surface area (Å²) in [6, 6.07) is 9.91. The van der Waals surface area contributed by atoms with E-state index in [0.29, 0.717) is 18.5 Å². The summed E-state index contributed by atoms with van der Waals surface area (Å²) in [6.07, 6.45) is 1.03. The van der Waals surface area contributed by atoms with Gasteiger partial charge in [-0.05, 0) is 54.8 Å². The summed E-state index contributed by atoms with van der Waals surface area (Å²) >= 11 is 0. The van der Waals surface area contributed by atoms with Gasteiger partial charge in [0.15, 0.2) is 0 Å². The van der Waals surface area contributed by atoms with Crippen molar-refractivity contribution in [3.8, 4) is 17.2 Å². The van der Waals surface area contributed by atoms with E-state index < -0.39 is 17.3 Å². The Hall–Kier alpha value is -4.15. The fourth-order valence-corrected chi connectivity index (χ4v) is 3.52. The maximum Gasteiger partial charge on any atom is 0.420 e. The summed E-state index contributed by atoms with van der Waals surface area (Å²) in [5.74, 6) is -0.823. The standard InChI is InChI=1S/C25H23F3N4O4/c1-35-18-6-7-21(20(12-18)25(26,27)28)36-19-5-4-17(30-15-19)14-31-23(34)24(8-9-24)32-22(33)11-16-3-2-10-29-13-16/h2-7,10,12-13,15H,8-9,11,14H2,1H3,(H,31,34)(H,32,33). The molecule has 2 N–H and O–H groups in total. The Labute approximate surface area is 204 Å². The monoisotopic (exact) mass is 500 g/mol. The molecule has 0 saturated heterocycles. The minimum absolute atomic E-state index is 0.0561. The second-order valence-electron chi connectivity index (χ2n) is 8.30. The lowest BCUT2D eigenvalue weighted by molar-refractivity contribution is -0.138. The summed E-state index contributed by atoms with van der Waals surface area (Å²) in [4.78, 5) is 33.1. The first-order valence-corrected chi connectivity index (χ1v) is 11.0. The Kier molecular flexibility index (Phi) is 7.09. The summed E-state index contributed by atoms with van der Waals surface area (Å²) in [6.45, 7) is 0.0790. The number of ether oxygens (including phenoxy) is 2. The number of nitrogens with one attached hydrogen (secondary N) is 2. The first-order chi connectivity index (χ1) is 17.2. The average molecular weight is 500 g/mol. The summed E-state index contributed by atoms with van der Waals surface area (Å²) < 4.78 is 50.4. The van der Waals surface area contributed by atoms with Gasteiger partial charge in [-0.25, -0.2) is 0 Å². The second kappa shape index (κ2) is 10.2. The van der Waals surface area contributed by atoms with Gasteiger partial charge in [0.05, 0.1) is 32.0 Å². The number of rotatable bonds is 9. The van der Waals surface area contributed by atoms with Crippen molar-refractivity contribution in [2.24, 2.45) is 0 Å². The molecule has 0 unspecified atom stereocenters. The highest BCUT2D eigenvalue weighted by atomic mass is 19.4. The predicted molar refractivity (Wildman–Crippen MR) is 122 cm³/mol. The Morgan fingerprint density at radius 2 is 1.86 bits per heavy atom. The molecule has 0 radical (unpaired) electrons. The van der Waals surface area contributed by atoms with Crippen LogP contribution in [0.1, 0.15) is 29.7 Å². The first-order valence-electron chi connectivity index (χ1n) is 11.0. The van der Waals surface area contributed by atoms with Crippen LogP contribution < -0.4 is 20.1 Å². The van der Waals surface area contributed by atoms with Gasteiger partial charge in [0, 0.05) is 12.4 Å². The molecule has 1 aliphatic rings. The normalized spacial score (nSPS) is 14.0. The van der Waals surface area contributed by atoms with Crippen molar-refractivity contribution in [3.63, 3.8) is 0 Å². The maximum absolute atomic E-state index is 13.4. The van der Waals surface area contributed by atoms with E-state index in [1.54, 1.807) is 24.5 Å². The molecule has 1 fully saturated rings. The molecule has 8 nitrogen and oxygen atoms in total. The van der Waals surface area contributed by atoms with Crippen molar-refractivity contribution >= 4 is 11.8 Å². The van der Waals surface area contributed by atoms with Crippen molar-refractivity contribution in [1.82, 2.24) is 20.6 Å². The molecule has 0 bridgehead atoms. The number of hydrogen-bond acceptors (Lipinski definition) is 6. The van der Waals surface area contributed by atoms with Crippen LogP contribution in [0.4, 0.5) is 13.2 Å². The summed E-state index contributed by atoms with van der Waals surface area (Å²) in [5.41, 5.74) is -0.697. The number of methoxy groups -OCH3 is 1. The lowest BCUT2D eigenvalue weighted by atomic mass is 10.1. The lowest BCUT2D eigenvalue weighted by Crippen LogP contribution is -2.49. The summed E-state index contributed by atoms with van der Waals surface area (Å²) in [7, 11) is 1.28. The van der Waals surface area contributed by atoms with Crippen LogP contribution in [0, 0.1) is 0 Å². The zero-order valence-electron chi connectivity index (χ0n) is 19.3. The molecule has 2 aromatic heterocycles. The number of nitrogens with zero attached hydrogens (tertiary/aromatic N) is 2. The number of aromatic nitrogens is 2. The molecular weight excluding hydrogens is 477 g/mol. The number of amides is 2. The van der Waals surface area contributed by atoms with Gasteiger partial charge in [-0.2, -0.15) is 13.2 Å². The fourth-order valence-electron chi connectivity index (χ4n) is 3.52. The molecule has 3 aromatic rings. The molecule has 0 atom stereocenters. The van der Waals surface area contributed by atoms with Crippen LogP contribution in [-0.4, -0.2) is 34.4 Å². The zero-order chi connectivity index (χ0) is 25.8. The van der Waals surface area contributed by atoms with Crippen LogP contribution >= 0.6 is 0 Å². The minimum atomic E-state index is -4.63. The van der Waals surface area contributed by atoms with Crippen LogP contribution in [0.15, 0.2) is 61.1 Å². The van der Waals surface area contributed by atoms with E-state index in [1.165, 1.54) is 37.6 Å². The Balaban J connectivity index is 1.32. The van der Waals surface area contributed by atoms with E-state index in [0.717, 1.165) is 11.6 Å². The molecule has 36 heavy (non-hydrogen) atoms. The van der Waals surface area contributed by atoms with E-state index in [2.05, 4.69) is 20.6 Å². The first kappa shape index (κ1) is 25.0. The number of benzene rings is 1. The molecule has 4 rings (SSSR count). The average Bonchev–Trinajstić information content (AvgIpc) is 3.64. The number of hydrogen-bond donors (Lipinski definition) is 2. The molecule has 0 spiro atoms. The van der Waals surface area contributed by atoms with Gasteiger partial charge in [0.1, 0.15) is 28.4 Å². The Morgan fingerprint density at radius 1 is 1.08 bits per heavy atom. The van der Waals surface area contributed by atoms with Gasteiger partial charge in [-0.1, -0.05) is 6.07 Å². The van der Waals surface area contributed by atoms with Crippen molar-refractivity contribution in [2.45, 2.75) is 37.5 Å². The van der Waals surface area contributed by atoms with Crippen LogP contribution in [0.2, 0.25) is 0 Å². The van der Waals surface area contributed by atoms with E-state index in [9.17, 15) is 22.8 Å². The van der Waals surface area contributed by atoms with E-state index in [4.69, 9.17) is 9.47 Å². The third kappa shape index (κ3) is 6.09. The van der Waals surface area contributed by atoms with Crippen LogP contribution in [0.5, 0.6) is 17.2 Å². The fraction of sp³-hybridized carbons (Fsp3) is 0.280. The predicted octanol–water partition coefficient (Wildman–Crippen LogP) is 3.80. The van der Waals surface area contributed by atoms with Gasteiger partial charge in [0.25, 0.3) is 0 Å². The molecule has 2 heterocycles. The number of carbonyl (C=O) groups is 2. The topological polar surface area (TPSA) is 102 Å². The molecule has 2 amide bonds. The number of pyridine rings is 2. The molecule has 0 aliphatic heterocycles. The number of carbonyl (C=O) groups excluding carboxylic acids is 2. The zero-order valence-corrected chi connectivity index (χ0v) is 19.3. The smallest absolute Gasteiger partial charge is 0.420 e. The van der Waals surface area contributed by atoms with Gasteiger partial charge in [-0.3, -0.25) is 19.6 Å². The van der Waals surface area contributed by atoms with Crippen molar-refractivity contribution in [3.05, 3.63) is 77.9 Å². The quantitative estimate of drug-likeness (QED) is 0.463. The molecule has 1 saturated carbocycles. The maximum atomic E-state index is 13.4. The van der Waals surface area contributed by atoms with E-state index >= 15 is 0 Å². The van der Waals surface area contributed by atoms with Crippen LogP contribution in [0.3, 0.4) is 0 Å². The third-order valence-corrected chi connectivity index (χ3v) is 5.60. The van der Waals surface area contributed by atoms with Crippen molar-refractivity contribution in [2.75, 3.05) is 7.11 Å². The van der Waals surface area contributed by atoms with Gasteiger partial charge >= 0.3 is 6.18 Å². The van der Waals surface area contributed by atoms with Gasteiger partial charge in [0.2, 0.25) is 11.8 Å².